The zero-order valence-corrected chi connectivity index (χ0v) is 125. The maximum Gasteiger partial charge on any atom is 0 e. The van der Waals surface area contributed by atoms with Crippen molar-refractivity contribution in [2.45, 2.75) is 0 Å². The monoisotopic (exact) mass is 3250 g/mol. The van der Waals surface area contributed by atoms with Gasteiger partial charge in [-0.1, -0.05) is 0 Å². The second kappa shape index (κ2) is 266. The number of hydrogen-bond donors (Lipinski definition) is 0. The summed E-state index contributed by atoms with van der Waals surface area (Å²) in [6.45, 7) is 0. The normalized spacial score (nSPS) is 0. The van der Waals surface area contributed by atoms with Crippen LogP contribution < -0.4 is 0 Å². The summed E-state index contributed by atoms with van der Waals surface area (Å²) in [5, 5.41) is 0. The van der Waals surface area contributed by atoms with Crippen LogP contribution in [0.5, 0.6) is 0 Å². The van der Waals surface area contributed by atoms with Crippen molar-refractivity contribution in [1.29, 1.82) is 0 Å². The molecule has 37 radical (unpaired) electrons. The fourth-order valence-electron chi connectivity index (χ4n) is 0. The zero-order valence-electron chi connectivity index (χ0n) is 21.2. The molecule has 0 aliphatic heterocycles. The van der Waals surface area contributed by atoms with E-state index in [2.05, 4.69) is 0 Å². The van der Waals surface area contributed by atoms with Crippen molar-refractivity contribution in [3.8, 4) is 0 Å². The molecule has 0 spiro atoms. The van der Waals surface area contributed by atoms with E-state index in [0.717, 1.165) is 0 Å². The Bertz CT molecular complexity index is 6.63. The molecule has 0 saturated carbocycles. The SMILES string of the molecule is [V].[Y].[Y].[Y].[Y].[Y].[Y].[Y].[Y].[Y].[Y].[Y].[Y].[Y].[Y].[Y].[Y].[Y].[Y].[Y].[Y].[Y].[Y].[Y].[Y].[Y].[Y].[Y].[Y].[Y].[Y].[Y].[Y].[Y].[Y].[Y].[Y]. The summed E-state index contributed by atoms with van der Waals surface area (Å²) in [6, 6.07) is 0. The van der Waals surface area contributed by atoms with Crippen LogP contribution in [0.4, 0.5) is 0 Å². The van der Waals surface area contributed by atoms with Gasteiger partial charge in [0.05, 0.1) is 0 Å². The van der Waals surface area contributed by atoms with E-state index in [-0.39, 0.29) is 1200 Å². The molecule has 0 aliphatic carbocycles. The fraction of sp³-hybridized carbons (Fsp3) is 0. The topological polar surface area (TPSA) is 0 Å². The molecule has 37 heavy (non-hydrogen) atoms. The maximum absolute atomic E-state index is 0. The molecule has 0 aliphatic rings. The van der Waals surface area contributed by atoms with E-state index in [1.165, 1.54) is 0 Å². The molecule has 0 nitrogen and oxygen atoms in total. The fourth-order valence-corrected chi connectivity index (χ4v) is 0. The summed E-state index contributed by atoms with van der Waals surface area (Å²) in [7, 11) is 0. The van der Waals surface area contributed by atoms with Crippen LogP contribution in [0.1, 0.15) is 0 Å². The van der Waals surface area contributed by atoms with Crippen molar-refractivity contribution in [3.05, 3.63) is 0 Å². The molecule has 0 bridgehead atoms. The van der Waals surface area contributed by atoms with Gasteiger partial charge in [-0.3, -0.25) is 0 Å². The van der Waals surface area contributed by atoms with Crippen LogP contribution in [0.3, 0.4) is 0 Å². The van der Waals surface area contributed by atoms with Crippen LogP contribution in [0.15, 0.2) is 0 Å². The Morgan fingerprint density at radius 3 is 0.0541 bits per heavy atom. The zero-order chi connectivity index (χ0) is 0. The van der Waals surface area contributed by atoms with E-state index in [4.69, 9.17) is 0 Å². The van der Waals surface area contributed by atoms with Crippen molar-refractivity contribution in [2.24, 2.45) is 0 Å². The van der Waals surface area contributed by atoms with Gasteiger partial charge in [-0.25, -0.2) is 0 Å². The molecular formula is VY36. The van der Waals surface area contributed by atoms with Crippen molar-refractivity contribution in [1.82, 2.24) is 0 Å². The van der Waals surface area contributed by atoms with Gasteiger partial charge in [0.1, 0.15) is 0 Å². The molecule has 0 fully saturated rings. The molecule has 0 atom stereocenters. The molecule has 0 amide bonds. The smallest absolute Gasteiger partial charge is 0 e. The Balaban J connectivity index is 0. The van der Waals surface area contributed by atoms with Gasteiger partial charge in [0, 0.05) is 1200 Å². The molecular weight excluding hydrogens is 3250 g/mol. The molecule has 113 valence electrons. The maximum atomic E-state index is 0. The molecule has 0 N–H and O–H groups in total. The second-order valence-corrected chi connectivity index (χ2v) is 0. The van der Waals surface area contributed by atoms with Crippen molar-refractivity contribution in [3.63, 3.8) is 0 Å². The molecule has 0 aromatic heterocycles. The van der Waals surface area contributed by atoms with Crippen LogP contribution >= 0.6 is 0 Å². The van der Waals surface area contributed by atoms with Gasteiger partial charge < -0.3 is 0 Å². The van der Waals surface area contributed by atoms with E-state index in [9.17, 15) is 0 Å². The first-order chi connectivity index (χ1) is 0. The van der Waals surface area contributed by atoms with Gasteiger partial charge >= 0.3 is 0 Å². The van der Waals surface area contributed by atoms with Gasteiger partial charge in [-0.15, -0.1) is 0 Å². The molecule has 0 saturated heterocycles. The van der Waals surface area contributed by atoms with Crippen LogP contribution in [-0.2, 0) is 1200 Å². The van der Waals surface area contributed by atoms with E-state index in [1.54, 1.807) is 0 Å². The molecule has 37 heteroatoms. The van der Waals surface area contributed by atoms with Crippen molar-refractivity contribution < 1.29 is 1200 Å². The van der Waals surface area contributed by atoms with Gasteiger partial charge in [0.15, 0.2) is 0 Å². The van der Waals surface area contributed by atoms with Crippen molar-refractivity contribution >= 4 is 0 Å². The Kier molecular flexibility index (Phi) is 1990. The van der Waals surface area contributed by atoms with Crippen molar-refractivity contribution in [2.75, 3.05) is 0 Å². The summed E-state index contributed by atoms with van der Waals surface area (Å²) >= 11 is 0. The van der Waals surface area contributed by atoms with E-state index < -0.39 is 0 Å². The van der Waals surface area contributed by atoms with Crippen LogP contribution in [0, 0.1) is 0 Å². The molecule has 0 heterocycles. The third-order valence-corrected chi connectivity index (χ3v) is 0. The van der Waals surface area contributed by atoms with Crippen LogP contribution in [0.25, 0.3) is 0 Å². The summed E-state index contributed by atoms with van der Waals surface area (Å²) in [6.07, 6.45) is 0. The summed E-state index contributed by atoms with van der Waals surface area (Å²) in [5.74, 6) is 0. The average molecular weight is 3250 g/mol. The van der Waals surface area contributed by atoms with Crippen LogP contribution in [-0.4, -0.2) is 0 Å². The van der Waals surface area contributed by atoms with Gasteiger partial charge in [-0.2, -0.15) is 0 Å². The van der Waals surface area contributed by atoms with E-state index >= 15 is 0 Å². The van der Waals surface area contributed by atoms with Gasteiger partial charge in [-0.05, 0) is 0 Å². The number of rotatable bonds is 0. The summed E-state index contributed by atoms with van der Waals surface area (Å²) < 4.78 is 0. The first kappa shape index (κ1) is 277. The molecule has 0 rings (SSSR count). The quantitative estimate of drug-likeness (QED) is 0.319. The minimum Gasteiger partial charge on any atom is 0 e. The molecule has 0 aromatic rings. The van der Waals surface area contributed by atoms with Gasteiger partial charge in [0.25, 0.3) is 0 Å². The Hall–Kier alpha value is 40.3. The third kappa shape index (κ3) is 259. The predicted octanol–water partition coefficient (Wildman–Crippen LogP) is -0.0925. The minimum atomic E-state index is 0. The largest absolute Gasteiger partial charge is 0 e. The predicted molar refractivity (Wildman–Crippen MR) is 0 cm³/mol. The average Bonchev–Trinajstić information content (AvgIpc) is 0. The third-order valence-electron chi connectivity index (χ3n) is 0. The van der Waals surface area contributed by atoms with Crippen LogP contribution in [0.2, 0.25) is 0 Å². The summed E-state index contributed by atoms with van der Waals surface area (Å²) in [4.78, 5) is 0. The first-order valence-electron chi connectivity index (χ1n) is 0. The van der Waals surface area contributed by atoms with E-state index in [1.807, 2.05) is 0 Å². The van der Waals surface area contributed by atoms with Gasteiger partial charge in [0.2, 0.25) is 0 Å². The Morgan fingerprint density at radius 1 is 0.0541 bits per heavy atom. The minimum absolute atomic E-state index is 0. The Morgan fingerprint density at radius 2 is 0.0541 bits per heavy atom. The first-order valence-corrected chi connectivity index (χ1v) is 0. The summed E-state index contributed by atoms with van der Waals surface area (Å²) in [5.41, 5.74) is 0. The molecule has 0 aromatic carbocycles. The van der Waals surface area contributed by atoms with E-state index in [0.29, 0.717) is 0 Å². The second-order valence-electron chi connectivity index (χ2n) is 0. The standard InChI is InChI=1S/V.36Y. The molecule has 0 unspecified atom stereocenters. The Labute approximate surface area is 1150 Å². The number of hydrogen-bond acceptors (Lipinski definition) is 0.